The van der Waals surface area contributed by atoms with E-state index in [1.54, 1.807) is 24.3 Å². The summed E-state index contributed by atoms with van der Waals surface area (Å²) in [6, 6.07) is 6.74. The Bertz CT molecular complexity index is 318. The Morgan fingerprint density at radius 2 is 1.38 bits per heavy atom. The Morgan fingerprint density at radius 1 is 1.00 bits per heavy atom. The van der Waals surface area contributed by atoms with Gasteiger partial charge in [0, 0.05) is 0 Å². The van der Waals surface area contributed by atoms with Crippen LogP contribution in [0.2, 0.25) is 0 Å². The van der Waals surface area contributed by atoms with Crippen LogP contribution in [0.25, 0.3) is 0 Å². The number of imide groups is 1. The van der Waals surface area contributed by atoms with E-state index in [4.69, 9.17) is 9.84 Å². The molecule has 0 atom stereocenters. The van der Waals surface area contributed by atoms with Gasteiger partial charge in [-0.2, -0.15) is 0 Å². The molecule has 0 saturated heterocycles. The molecule has 0 unspecified atom stereocenters. The van der Waals surface area contributed by atoms with E-state index in [0.29, 0.717) is 11.1 Å². The van der Waals surface area contributed by atoms with Crippen LogP contribution < -0.4 is 5.32 Å². The molecule has 5 heteroatoms. The van der Waals surface area contributed by atoms with Gasteiger partial charge in [-0.15, -0.1) is 0 Å². The lowest BCUT2D eigenvalue weighted by Gasteiger charge is -1.88. The monoisotopic (exact) mass is 183 g/mol. The zero-order chi connectivity index (χ0) is 9.84. The molecule has 13 heavy (non-hydrogen) atoms. The van der Waals surface area contributed by atoms with Crippen molar-refractivity contribution < 1.29 is 19.4 Å². The Labute approximate surface area is 72.9 Å². The Hall–Kier alpha value is -1.75. The minimum atomic E-state index is -0.300. The van der Waals surface area contributed by atoms with Crippen LogP contribution in [0, 0.1) is 0 Å². The number of amides is 2. The molecule has 1 aromatic carbocycles. The van der Waals surface area contributed by atoms with Crippen LogP contribution in [0.4, 0.5) is 4.53 Å². The van der Waals surface area contributed by atoms with Crippen molar-refractivity contribution in [3.8, 4) is 0 Å². The van der Waals surface area contributed by atoms with Gasteiger partial charge in [-0.3, -0.25) is 14.9 Å². The van der Waals surface area contributed by atoms with Gasteiger partial charge in [0.05, 0.1) is 11.1 Å². The molecule has 1 aromatic rings. The van der Waals surface area contributed by atoms with Crippen molar-refractivity contribution in [2.45, 2.75) is 0 Å². The van der Waals surface area contributed by atoms with Gasteiger partial charge < -0.3 is 0 Å². The molecule has 2 N–H and O–H groups in total. The van der Waals surface area contributed by atoms with Gasteiger partial charge in [0.25, 0.3) is 11.8 Å². The first-order chi connectivity index (χ1) is 6.29. The molecule has 1 aliphatic heterocycles. The molecule has 2 rings (SSSR count). The first kappa shape index (κ1) is 9.34. The second-order valence-corrected chi connectivity index (χ2v) is 2.33. The fourth-order valence-corrected chi connectivity index (χ4v) is 1.12. The molecule has 4 nitrogen and oxygen atoms in total. The van der Waals surface area contributed by atoms with Crippen LogP contribution in [-0.2, 0) is 0 Å². The highest BCUT2D eigenvalue weighted by molar-refractivity contribution is 6.21. The van der Waals surface area contributed by atoms with Crippen molar-refractivity contribution in [3.05, 3.63) is 35.4 Å². The minimum absolute atomic E-state index is 0.300. The minimum Gasteiger partial charge on any atom is -0.288 e. The van der Waals surface area contributed by atoms with Crippen LogP contribution >= 0.6 is 0 Å². The number of nitrogens with one attached hydrogen (secondary N) is 1. The highest BCUT2D eigenvalue weighted by atomic mass is 19.3. The van der Waals surface area contributed by atoms with Crippen molar-refractivity contribution in [2.75, 3.05) is 0 Å². The van der Waals surface area contributed by atoms with E-state index in [9.17, 15) is 9.59 Å². The smallest absolute Gasteiger partial charge is 0.258 e. The molecule has 2 amide bonds. The summed E-state index contributed by atoms with van der Waals surface area (Å²) in [6.45, 7) is 0. The van der Waals surface area contributed by atoms with E-state index in [1.165, 1.54) is 0 Å². The zero-order valence-electron chi connectivity index (χ0n) is 6.45. The number of fused-ring (bicyclic) bond motifs is 1. The van der Waals surface area contributed by atoms with Crippen LogP contribution in [-0.4, -0.2) is 17.1 Å². The molecule has 0 aromatic heterocycles. The fraction of sp³-hybridized carbons (Fsp3) is 0. The number of carbonyl (C=O) groups is 2. The van der Waals surface area contributed by atoms with E-state index < -0.39 is 0 Å². The summed E-state index contributed by atoms with van der Waals surface area (Å²) in [5, 5.41) is 7.70. The standard InChI is InChI=1S/C8H5NO2.FHO/c10-7-5-3-1-2-4-6(5)8(11)9-7;1-2/h1-4H,(H,9,10,11);2H. The average molecular weight is 183 g/mol. The van der Waals surface area contributed by atoms with E-state index >= 15 is 0 Å². The number of carbonyl (C=O) groups excluding carboxylic acids is 2. The lowest BCUT2D eigenvalue weighted by Crippen LogP contribution is -2.19. The predicted octanol–water partition coefficient (Wildman–Crippen LogP) is 0.433. The van der Waals surface area contributed by atoms with E-state index in [-0.39, 0.29) is 11.8 Å². The maximum atomic E-state index is 10.9. The van der Waals surface area contributed by atoms with Crippen molar-refractivity contribution >= 4 is 11.8 Å². The first-order valence-electron chi connectivity index (χ1n) is 3.40. The lowest BCUT2D eigenvalue weighted by atomic mass is 10.1. The quantitative estimate of drug-likeness (QED) is 0.573. The molecule has 1 aliphatic rings. The summed E-state index contributed by atoms with van der Waals surface area (Å²) in [4.78, 5) is 21.9. The summed E-state index contributed by atoms with van der Waals surface area (Å²) in [7, 11) is 0. The van der Waals surface area contributed by atoms with Gasteiger partial charge in [-0.1, -0.05) is 16.7 Å². The normalized spacial score (nSPS) is 12.8. The van der Waals surface area contributed by atoms with Crippen molar-refractivity contribution in [3.63, 3.8) is 0 Å². The Morgan fingerprint density at radius 3 is 1.77 bits per heavy atom. The molecular formula is C8H6FNO3. The van der Waals surface area contributed by atoms with Crippen LogP contribution in [0.1, 0.15) is 20.7 Å². The van der Waals surface area contributed by atoms with Gasteiger partial charge >= 0.3 is 0 Å². The second kappa shape index (κ2) is 3.77. The van der Waals surface area contributed by atoms with Gasteiger partial charge in [0.1, 0.15) is 0 Å². The summed E-state index contributed by atoms with van der Waals surface area (Å²) >= 11 is 0. The van der Waals surface area contributed by atoms with Gasteiger partial charge in [-0.25, -0.2) is 5.31 Å². The van der Waals surface area contributed by atoms with Crippen LogP contribution in [0.5, 0.6) is 0 Å². The fourth-order valence-electron chi connectivity index (χ4n) is 1.12. The van der Waals surface area contributed by atoms with E-state index in [1.807, 2.05) is 0 Å². The SMILES string of the molecule is O=C1NC(=O)c2ccccc21.OF. The highest BCUT2D eigenvalue weighted by Crippen LogP contribution is 2.13. The maximum Gasteiger partial charge on any atom is 0.258 e. The van der Waals surface area contributed by atoms with Gasteiger partial charge in [-0.05, 0) is 12.1 Å². The molecule has 0 fully saturated rings. The molecule has 0 spiro atoms. The molecule has 0 saturated carbocycles. The van der Waals surface area contributed by atoms with Crippen molar-refractivity contribution in [1.82, 2.24) is 5.32 Å². The largest absolute Gasteiger partial charge is 0.288 e. The molecule has 68 valence electrons. The number of hydrogen-bond acceptors (Lipinski definition) is 3. The number of hydrogen-bond donors (Lipinski definition) is 2. The Kier molecular flexibility index (Phi) is 2.71. The first-order valence-corrected chi connectivity index (χ1v) is 3.40. The van der Waals surface area contributed by atoms with Gasteiger partial charge in [0.2, 0.25) is 0 Å². The van der Waals surface area contributed by atoms with Gasteiger partial charge in [0.15, 0.2) is 0 Å². The average Bonchev–Trinajstić information content (AvgIpc) is 2.47. The van der Waals surface area contributed by atoms with Crippen molar-refractivity contribution in [2.24, 2.45) is 0 Å². The number of benzene rings is 1. The number of halogens is 1. The third kappa shape index (κ3) is 1.54. The van der Waals surface area contributed by atoms with Crippen LogP contribution in [0.15, 0.2) is 24.3 Å². The highest BCUT2D eigenvalue weighted by Gasteiger charge is 2.25. The summed E-state index contributed by atoms with van der Waals surface area (Å²) in [6.07, 6.45) is 0. The lowest BCUT2D eigenvalue weighted by molar-refractivity contribution is -0.0441. The molecule has 0 bridgehead atoms. The van der Waals surface area contributed by atoms with E-state index in [0.717, 1.165) is 0 Å². The summed E-state index contributed by atoms with van der Waals surface area (Å²) < 4.78 is 8.50. The predicted molar refractivity (Wildman–Crippen MR) is 41.6 cm³/mol. The summed E-state index contributed by atoms with van der Waals surface area (Å²) in [5.41, 5.74) is 0.940. The molecule has 1 heterocycles. The van der Waals surface area contributed by atoms with E-state index in [2.05, 4.69) is 5.32 Å². The third-order valence-corrected chi connectivity index (χ3v) is 1.64. The van der Waals surface area contributed by atoms with Crippen molar-refractivity contribution in [1.29, 1.82) is 0 Å². The maximum absolute atomic E-state index is 10.9. The molecular weight excluding hydrogens is 177 g/mol. The second-order valence-electron chi connectivity index (χ2n) is 2.33. The van der Waals surface area contributed by atoms with Crippen LogP contribution in [0.3, 0.4) is 0 Å². The molecule has 0 aliphatic carbocycles. The zero-order valence-corrected chi connectivity index (χ0v) is 6.45. The molecule has 0 radical (unpaired) electrons. The number of rotatable bonds is 0. The Balaban J connectivity index is 0.000000396. The topological polar surface area (TPSA) is 66.4 Å². The third-order valence-electron chi connectivity index (χ3n) is 1.64. The summed E-state index contributed by atoms with van der Waals surface area (Å²) in [5.74, 6) is -0.601.